The third kappa shape index (κ3) is 13.0. The van der Waals surface area contributed by atoms with Gasteiger partial charge in [-0.15, -0.1) is 0 Å². The minimum atomic E-state index is -4.76. The van der Waals surface area contributed by atoms with Crippen molar-refractivity contribution in [1.29, 1.82) is 0 Å². The van der Waals surface area contributed by atoms with Gasteiger partial charge in [-0.2, -0.15) is 0 Å². The molecule has 0 amide bonds. The predicted molar refractivity (Wildman–Crippen MR) is 175 cm³/mol. The van der Waals surface area contributed by atoms with E-state index in [9.17, 15) is 14.4 Å². The monoisotopic (exact) mass is 594 g/mol. The van der Waals surface area contributed by atoms with Gasteiger partial charge < -0.3 is 9.26 Å². The molecule has 4 aromatic rings. The van der Waals surface area contributed by atoms with Gasteiger partial charge in [0.1, 0.15) is 5.75 Å². The number of hydrogen-bond acceptors (Lipinski definition) is 3. The van der Waals surface area contributed by atoms with Crippen molar-refractivity contribution in [3.63, 3.8) is 0 Å². The Kier molecular flexibility index (Phi) is 16.1. The van der Waals surface area contributed by atoms with Gasteiger partial charge in [0, 0.05) is 18.8 Å². The minimum absolute atomic E-state index is 0. The molecule has 4 aromatic carbocycles. The summed E-state index contributed by atoms with van der Waals surface area (Å²) >= 11 is 0. The van der Waals surface area contributed by atoms with E-state index in [-0.39, 0.29) is 57.1 Å². The molecule has 0 fully saturated rings. The third-order valence-electron chi connectivity index (χ3n) is 5.65. The number of ether oxygens (including phenoxy) is 1. The Hall–Kier alpha value is -2.35. The molecule has 2 N–H and O–H groups in total. The Balaban J connectivity index is 0.000000902. The van der Waals surface area contributed by atoms with Crippen LogP contribution in [-0.2, 0) is 9.30 Å². The summed E-state index contributed by atoms with van der Waals surface area (Å²) in [5, 5.41) is 0. The zero-order valence-electron chi connectivity index (χ0n) is 22.8. The molecule has 0 spiro atoms. The van der Waals surface area contributed by atoms with Crippen LogP contribution in [0.15, 0.2) is 103 Å². The normalized spacial score (nSPS) is 11.3. The molecule has 0 saturated heterocycles. The van der Waals surface area contributed by atoms with E-state index < -0.39 is 7.82 Å². The summed E-state index contributed by atoms with van der Waals surface area (Å²) in [6.45, 7) is 5.67. The average molecular weight is 595 g/mol. The number of phosphoric ester groups is 1. The first-order chi connectivity index (χ1) is 19.4. The molecule has 0 heterocycles. The Bertz CT molecular complexity index is 1440. The van der Waals surface area contributed by atoms with Crippen LogP contribution in [0.4, 0.5) is 0 Å². The fourth-order valence-corrected chi connectivity index (χ4v) is 4.20. The predicted octanol–water partition coefficient (Wildman–Crippen LogP) is 8.06. The van der Waals surface area contributed by atoms with Gasteiger partial charge in [0.15, 0.2) is 0 Å². The first kappa shape index (κ1) is 34.8. The van der Waals surface area contributed by atoms with Gasteiger partial charge in [-0.25, -0.2) is 4.57 Å². The molecular formula is C34H36KO5P. The van der Waals surface area contributed by atoms with Crippen molar-refractivity contribution in [2.24, 2.45) is 0 Å². The number of phosphoric acid groups is 1. The van der Waals surface area contributed by atoms with Crippen LogP contribution >= 0.6 is 7.82 Å². The Morgan fingerprint density at radius 1 is 0.585 bits per heavy atom. The Morgan fingerprint density at radius 3 is 1.39 bits per heavy atom. The fraction of sp³-hybridized carbons (Fsp3) is 0.118. The molecule has 0 atom stereocenters. The van der Waals surface area contributed by atoms with E-state index in [0.717, 1.165) is 41.0 Å². The number of rotatable bonds is 10. The summed E-state index contributed by atoms with van der Waals surface area (Å²) in [5.74, 6) is 0.107. The maximum atomic E-state index is 11.7. The molecular weight excluding hydrogens is 558 g/mol. The molecule has 0 aromatic heterocycles. The van der Waals surface area contributed by atoms with Crippen LogP contribution in [0.3, 0.4) is 0 Å². The molecule has 0 saturated carbocycles. The van der Waals surface area contributed by atoms with Crippen LogP contribution in [0, 0.1) is 0 Å². The van der Waals surface area contributed by atoms with Gasteiger partial charge in [0.25, 0.3) is 0 Å². The van der Waals surface area contributed by atoms with Crippen molar-refractivity contribution >= 4 is 95.7 Å². The van der Waals surface area contributed by atoms with Crippen LogP contribution in [0.1, 0.15) is 47.2 Å². The molecule has 4 rings (SSSR count). The van der Waals surface area contributed by atoms with Gasteiger partial charge in [-0.05, 0) is 47.7 Å². The summed E-state index contributed by atoms with van der Waals surface area (Å²) in [7, 11) is -4.76. The number of hydrogen-bond donors (Lipinski definition) is 2. The summed E-state index contributed by atoms with van der Waals surface area (Å²) in [6, 6.07) is 32.9. The average Bonchev–Trinajstić information content (AvgIpc) is 2.96. The molecule has 0 unspecified atom stereocenters. The van der Waals surface area contributed by atoms with E-state index in [1.165, 1.54) is 0 Å². The second kappa shape index (κ2) is 19.0. The maximum absolute atomic E-state index is 11.7. The Labute approximate surface area is 285 Å². The van der Waals surface area contributed by atoms with Crippen molar-refractivity contribution in [2.45, 2.75) is 13.8 Å². The van der Waals surface area contributed by atoms with E-state index in [1.54, 1.807) is 12.1 Å². The van der Waals surface area contributed by atoms with Crippen LogP contribution in [0.5, 0.6) is 5.75 Å². The molecule has 41 heavy (non-hydrogen) atoms. The van der Waals surface area contributed by atoms with E-state index >= 15 is 0 Å². The van der Waals surface area contributed by atoms with Crippen LogP contribution in [0.2, 0.25) is 0 Å². The number of benzene rings is 4. The van der Waals surface area contributed by atoms with Crippen LogP contribution in [-0.4, -0.2) is 74.4 Å². The SMILES string of the molecule is CCOCC.O=P(O)(O)Oc1ccc(/C=C/c2ccccc2)c(/C=C/c2ccccc2)c1/C=C/c1ccccc1.[KH]. The molecule has 7 heteroatoms. The Morgan fingerprint density at radius 2 is 1.00 bits per heavy atom. The van der Waals surface area contributed by atoms with Gasteiger partial charge in [-0.3, -0.25) is 9.79 Å². The van der Waals surface area contributed by atoms with Gasteiger partial charge in [-0.1, -0.05) is 134 Å². The van der Waals surface area contributed by atoms with Crippen molar-refractivity contribution in [3.8, 4) is 5.75 Å². The molecule has 0 aliphatic carbocycles. The zero-order chi connectivity index (χ0) is 28.6. The van der Waals surface area contributed by atoms with E-state index in [1.807, 2.05) is 141 Å². The van der Waals surface area contributed by atoms with Gasteiger partial charge in [0.2, 0.25) is 0 Å². The topological polar surface area (TPSA) is 76.0 Å². The summed E-state index contributed by atoms with van der Waals surface area (Å²) in [4.78, 5) is 19.1. The third-order valence-corrected chi connectivity index (χ3v) is 6.08. The quantitative estimate of drug-likeness (QED) is 0.110. The second-order valence-electron chi connectivity index (χ2n) is 8.58. The van der Waals surface area contributed by atoms with Crippen molar-refractivity contribution in [2.75, 3.05) is 13.2 Å². The summed E-state index contributed by atoms with van der Waals surface area (Å²) < 4.78 is 21.7. The van der Waals surface area contributed by atoms with E-state index in [0.29, 0.717) is 5.56 Å². The standard InChI is InChI=1S/C30H25O4P.C4H10O.K.H/c31-35(32,33)34-30-23-20-27(19-16-24-10-4-1-5-11-24)28(21-17-25-12-6-2-7-13-25)29(30)22-18-26-14-8-3-9-15-26;1-3-5-4-2;;/h1-23H,(H2,31,32,33);3-4H2,1-2H3;;/b19-16+,21-17+,22-18+;;;. The second-order valence-corrected chi connectivity index (χ2v) is 9.74. The summed E-state index contributed by atoms with van der Waals surface area (Å²) in [5.41, 5.74) is 5.23. The van der Waals surface area contributed by atoms with Gasteiger partial charge >= 0.3 is 59.2 Å². The fourth-order valence-electron chi connectivity index (χ4n) is 3.79. The van der Waals surface area contributed by atoms with Gasteiger partial charge in [0.05, 0.1) is 0 Å². The summed E-state index contributed by atoms with van der Waals surface area (Å²) in [6.07, 6.45) is 11.6. The first-order valence-corrected chi connectivity index (χ1v) is 14.6. The zero-order valence-corrected chi connectivity index (χ0v) is 23.7. The molecule has 0 radical (unpaired) electrons. The van der Waals surface area contributed by atoms with Crippen molar-refractivity contribution in [1.82, 2.24) is 0 Å². The molecule has 208 valence electrons. The molecule has 5 nitrogen and oxygen atoms in total. The first-order valence-electron chi connectivity index (χ1n) is 13.1. The molecule has 0 aliphatic rings. The van der Waals surface area contributed by atoms with Crippen molar-refractivity contribution in [3.05, 3.63) is 137 Å². The van der Waals surface area contributed by atoms with Crippen molar-refractivity contribution < 1.29 is 23.6 Å². The molecule has 0 aliphatic heterocycles. The van der Waals surface area contributed by atoms with E-state index in [4.69, 9.17) is 9.26 Å². The van der Waals surface area contributed by atoms with Crippen LogP contribution in [0.25, 0.3) is 36.5 Å². The molecule has 0 bridgehead atoms. The van der Waals surface area contributed by atoms with E-state index in [2.05, 4.69) is 0 Å². The van der Waals surface area contributed by atoms with Crippen LogP contribution < -0.4 is 4.52 Å².